The van der Waals surface area contributed by atoms with Gasteiger partial charge in [0.25, 0.3) is 0 Å². The van der Waals surface area contributed by atoms with Crippen LogP contribution in [0.2, 0.25) is 0 Å². The normalized spacial score (nSPS) is 20.4. The van der Waals surface area contributed by atoms with Gasteiger partial charge in [0.2, 0.25) is 0 Å². The molecule has 0 unspecified atom stereocenters. The van der Waals surface area contributed by atoms with Crippen molar-refractivity contribution in [3.63, 3.8) is 0 Å². The third-order valence-electron chi connectivity index (χ3n) is 3.72. The molecule has 0 saturated carbocycles. The van der Waals surface area contributed by atoms with E-state index in [4.69, 9.17) is 4.74 Å². The van der Waals surface area contributed by atoms with Gasteiger partial charge in [-0.2, -0.15) is 0 Å². The number of allylic oxidation sites excluding steroid dienone is 2. The van der Waals surface area contributed by atoms with E-state index in [-0.39, 0.29) is 23.7 Å². The zero-order valence-corrected chi connectivity index (χ0v) is 11.5. The fourth-order valence-corrected chi connectivity index (χ4v) is 2.62. The molecule has 18 heavy (non-hydrogen) atoms. The van der Waals surface area contributed by atoms with Crippen molar-refractivity contribution in [2.45, 2.75) is 38.7 Å². The molecule has 1 rings (SSSR count). The predicted octanol–water partition coefficient (Wildman–Crippen LogP) is 3.70. The van der Waals surface area contributed by atoms with Crippen molar-refractivity contribution in [3.05, 3.63) is 37.0 Å². The van der Waals surface area contributed by atoms with E-state index in [1.54, 1.807) is 7.11 Å². The molecule has 0 amide bonds. The van der Waals surface area contributed by atoms with Crippen LogP contribution in [-0.2, 0) is 9.53 Å². The zero-order chi connectivity index (χ0) is 13.5. The second-order valence-electron chi connectivity index (χ2n) is 4.90. The van der Waals surface area contributed by atoms with Crippen molar-refractivity contribution in [3.8, 4) is 0 Å². The smallest absolute Gasteiger partial charge is 0.164 e. The SMILES string of the molecule is C=CC(=O)[C@@H](C1=CCCCC1)[C@H](OC)[C@H](C)C=C. The third-order valence-corrected chi connectivity index (χ3v) is 3.72. The van der Waals surface area contributed by atoms with Crippen LogP contribution in [0.3, 0.4) is 0 Å². The van der Waals surface area contributed by atoms with Gasteiger partial charge >= 0.3 is 0 Å². The Hall–Kier alpha value is -1.15. The van der Waals surface area contributed by atoms with E-state index in [9.17, 15) is 4.79 Å². The molecule has 0 saturated heterocycles. The summed E-state index contributed by atoms with van der Waals surface area (Å²) in [6, 6.07) is 0. The van der Waals surface area contributed by atoms with Gasteiger partial charge < -0.3 is 4.74 Å². The number of rotatable bonds is 7. The van der Waals surface area contributed by atoms with Gasteiger partial charge in [-0.3, -0.25) is 4.79 Å². The molecule has 3 atom stereocenters. The molecule has 0 spiro atoms. The summed E-state index contributed by atoms with van der Waals surface area (Å²) in [5.74, 6) is 0.0104. The van der Waals surface area contributed by atoms with Crippen LogP contribution in [0.15, 0.2) is 37.0 Å². The molecule has 0 aliphatic heterocycles. The molecule has 0 fully saturated rings. The van der Waals surface area contributed by atoms with Crippen molar-refractivity contribution in [2.24, 2.45) is 11.8 Å². The summed E-state index contributed by atoms with van der Waals surface area (Å²) in [5, 5.41) is 0. The van der Waals surface area contributed by atoms with E-state index in [1.165, 1.54) is 18.1 Å². The van der Waals surface area contributed by atoms with Crippen molar-refractivity contribution in [1.82, 2.24) is 0 Å². The summed E-state index contributed by atoms with van der Waals surface area (Å²) in [7, 11) is 1.66. The lowest BCUT2D eigenvalue weighted by molar-refractivity contribution is -0.121. The fraction of sp³-hybridized carbons (Fsp3) is 0.562. The van der Waals surface area contributed by atoms with Gasteiger partial charge in [0.15, 0.2) is 5.78 Å². The molecule has 1 aliphatic carbocycles. The second-order valence-corrected chi connectivity index (χ2v) is 4.90. The minimum Gasteiger partial charge on any atom is -0.380 e. The van der Waals surface area contributed by atoms with Crippen LogP contribution in [0.4, 0.5) is 0 Å². The molecule has 0 N–H and O–H groups in total. The molecule has 0 heterocycles. The van der Waals surface area contributed by atoms with Crippen molar-refractivity contribution < 1.29 is 9.53 Å². The standard InChI is InChI=1S/C16H24O2/c1-5-12(3)16(18-4)15(14(17)6-2)13-10-8-7-9-11-13/h5-6,10,12,15-16H,1-2,7-9,11H2,3-4H3/t12-,15-,16-/m1/s1. The highest BCUT2D eigenvalue weighted by atomic mass is 16.5. The van der Waals surface area contributed by atoms with E-state index in [1.807, 2.05) is 13.0 Å². The average molecular weight is 248 g/mol. The first-order valence-electron chi connectivity index (χ1n) is 6.66. The number of ether oxygens (including phenoxy) is 1. The van der Waals surface area contributed by atoms with Crippen LogP contribution >= 0.6 is 0 Å². The predicted molar refractivity (Wildman–Crippen MR) is 75.4 cm³/mol. The Morgan fingerprint density at radius 3 is 2.61 bits per heavy atom. The van der Waals surface area contributed by atoms with Crippen LogP contribution in [0.1, 0.15) is 32.6 Å². The number of ketones is 1. The Morgan fingerprint density at radius 2 is 2.17 bits per heavy atom. The Bertz CT molecular complexity index is 341. The third kappa shape index (κ3) is 3.42. The van der Waals surface area contributed by atoms with Crippen molar-refractivity contribution in [2.75, 3.05) is 7.11 Å². The Labute approximate surface area is 110 Å². The number of hydrogen-bond acceptors (Lipinski definition) is 2. The molecule has 0 bridgehead atoms. The molecule has 0 aromatic rings. The summed E-state index contributed by atoms with van der Waals surface area (Å²) in [4.78, 5) is 12.2. The maximum atomic E-state index is 12.2. The van der Waals surface area contributed by atoms with Crippen LogP contribution in [0.25, 0.3) is 0 Å². The molecule has 2 heteroatoms. The Balaban J connectivity index is 3.02. The van der Waals surface area contributed by atoms with E-state index in [0.29, 0.717) is 0 Å². The van der Waals surface area contributed by atoms with Crippen LogP contribution in [0, 0.1) is 11.8 Å². The number of methoxy groups -OCH3 is 1. The Morgan fingerprint density at radius 1 is 1.44 bits per heavy atom. The highest BCUT2D eigenvalue weighted by Crippen LogP contribution is 2.31. The molecule has 100 valence electrons. The minimum absolute atomic E-state index is 0.0590. The van der Waals surface area contributed by atoms with Gasteiger partial charge in [-0.25, -0.2) is 0 Å². The summed E-state index contributed by atoms with van der Waals surface area (Å²) < 4.78 is 5.56. The number of hydrogen-bond donors (Lipinski definition) is 0. The van der Waals surface area contributed by atoms with Crippen LogP contribution < -0.4 is 0 Å². The fourth-order valence-electron chi connectivity index (χ4n) is 2.62. The van der Waals surface area contributed by atoms with Gasteiger partial charge in [-0.1, -0.05) is 31.2 Å². The first-order valence-corrected chi connectivity index (χ1v) is 6.66. The van der Waals surface area contributed by atoms with Gasteiger partial charge in [0.05, 0.1) is 12.0 Å². The highest BCUT2D eigenvalue weighted by molar-refractivity contribution is 5.93. The lowest BCUT2D eigenvalue weighted by Gasteiger charge is -2.31. The highest BCUT2D eigenvalue weighted by Gasteiger charge is 2.32. The minimum atomic E-state index is -0.194. The van der Waals surface area contributed by atoms with E-state index >= 15 is 0 Å². The summed E-state index contributed by atoms with van der Waals surface area (Å²) in [5.41, 5.74) is 1.21. The van der Waals surface area contributed by atoms with Crippen LogP contribution in [0.5, 0.6) is 0 Å². The van der Waals surface area contributed by atoms with E-state index < -0.39 is 0 Å². The first-order chi connectivity index (χ1) is 8.65. The van der Waals surface area contributed by atoms with E-state index in [2.05, 4.69) is 19.2 Å². The maximum Gasteiger partial charge on any atom is 0.164 e. The summed E-state index contributed by atoms with van der Waals surface area (Å²) >= 11 is 0. The molecular formula is C16H24O2. The van der Waals surface area contributed by atoms with Crippen molar-refractivity contribution in [1.29, 1.82) is 0 Å². The topological polar surface area (TPSA) is 26.3 Å². The van der Waals surface area contributed by atoms with Gasteiger partial charge in [-0.05, 0) is 31.8 Å². The molecule has 0 radical (unpaired) electrons. The quantitative estimate of drug-likeness (QED) is 0.507. The average Bonchev–Trinajstić information content (AvgIpc) is 2.43. The van der Waals surface area contributed by atoms with Gasteiger partial charge in [0, 0.05) is 13.0 Å². The van der Waals surface area contributed by atoms with E-state index in [0.717, 1.165) is 19.3 Å². The van der Waals surface area contributed by atoms with Crippen LogP contribution in [-0.4, -0.2) is 19.0 Å². The second kappa shape index (κ2) is 7.32. The molecule has 2 nitrogen and oxygen atoms in total. The lowest BCUT2D eigenvalue weighted by Crippen LogP contribution is -2.35. The summed E-state index contributed by atoms with van der Waals surface area (Å²) in [6.45, 7) is 9.46. The lowest BCUT2D eigenvalue weighted by atomic mass is 9.79. The van der Waals surface area contributed by atoms with Gasteiger partial charge in [0.1, 0.15) is 0 Å². The zero-order valence-electron chi connectivity index (χ0n) is 11.5. The maximum absolute atomic E-state index is 12.2. The monoisotopic (exact) mass is 248 g/mol. The number of carbonyl (C=O) groups is 1. The van der Waals surface area contributed by atoms with Gasteiger partial charge in [-0.15, -0.1) is 6.58 Å². The molecule has 0 aromatic heterocycles. The first kappa shape index (κ1) is 14.9. The molecule has 0 aromatic carbocycles. The van der Waals surface area contributed by atoms with Crippen molar-refractivity contribution >= 4 is 5.78 Å². The Kier molecular flexibility index (Phi) is 6.06. The number of carbonyl (C=O) groups excluding carboxylic acids is 1. The largest absolute Gasteiger partial charge is 0.380 e. The molecular weight excluding hydrogens is 224 g/mol. The molecule has 1 aliphatic rings. The summed E-state index contributed by atoms with van der Waals surface area (Å²) in [6.07, 6.45) is 9.76.